The fourth-order valence-corrected chi connectivity index (χ4v) is 1.23. The molecule has 0 aliphatic rings. The molecule has 1 aromatic rings. The predicted molar refractivity (Wildman–Crippen MR) is 52.2 cm³/mol. The second-order valence-corrected chi connectivity index (χ2v) is 3.10. The second-order valence-electron chi connectivity index (χ2n) is 3.10. The first kappa shape index (κ1) is 12.2. The van der Waals surface area contributed by atoms with Crippen molar-refractivity contribution >= 4 is 11.9 Å². The number of ether oxygens (including phenoxy) is 2. The number of aromatic nitrogens is 3. The first-order chi connectivity index (χ1) is 7.60. The van der Waals surface area contributed by atoms with E-state index in [1.54, 1.807) is 7.05 Å². The monoisotopic (exact) mass is 227 g/mol. The zero-order valence-corrected chi connectivity index (χ0v) is 9.34. The fraction of sp³-hybridized carbons (Fsp3) is 0.556. The number of hydrogen-bond donors (Lipinski definition) is 0. The lowest BCUT2D eigenvalue weighted by molar-refractivity contribution is -0.158. The van der Waals surface area contributed by atoms with Crippen LogP contribution in [-0.2, 0) is 32.5 Å². The molecule has 0 N–H and O–H groups in total. The molecule has 0 bridgehead atoms. The van der Waals surface area contributed by atoms with Crippen molar-refractivity contribution in [1.82, 2.24) is 14.8 Å². The molecule has 0 amide bonds. The molecular formula is C9H13N3O4. The third-order valence-electron chi connectivity index (χ3n) is 2.16. The Hall–Kier alpha value is -1.92. The average Bonchev–Trinajstić information content (AvgIpc) is 2.69. The van der Waals surface area contributed by atoms with Gasteiger partial charge in [-0.1, -0.05) is 0 Å². The lowest BCUT2D eigenvalue weighted by atomic mass is 10.1. The van der Waals surface area contributed by atoms with E-state index in [1.807, 2.05) is 0 Å². The number of hydrogen-bond acceptors (Lipinski definition) is 6. The summed E-state index contributed by atoms with van der Waals surface area (Å²) in [5, 5.41) is 3.84. The Bertz CT molecular complexity index is 372. The maximum Gasteiger partial charge on any atom is 0.320 e. The van der Waals surface area contributed by atoms with Gasteiger partial charge in [-0.15, -0.1) is 0 Å². The quantitative estimate of drug-likeness (QED) is 0.500. The van der Waals surface area contributed by atoms with E-state index in [2.05, 4.69) is 19.6 Å². The van der Waals surface area contributed by atoms with Crippen LogP contribution in [0.3, 0.4) is 0 Å². The number of carbonyl (C=O) groups excluding carboxylic acids is 2. The zero-order valence-electron chi connectivity index (χ0n) is 9.34. The standard InChI is InChI=1S/C9H13N3O4/c1-12-7(10-5-11-12)4-6(8(13)15-2)9(14)16-3/h5-6H,4H2,1-3H3. The number of aryl methyl sites for hydroxylation is 1. The first-order valence-electron chi connectivity index (χ1n) is 4.58. The summed E-state index contributed by atoms with van der Waals surface area (Å²) < 4.78 is 10.5. The average molecular weight is 227 g/mol. The minimum atomic E-state index is -1.00. The molecule has 88 valence electrons. The van der Waals surface area contributed by atoms with Gasteiger partial charge in [0, 0.05) is 13.5 Å². The summed E-state index contributed by atoms with van der Waals surface area (Å²) in [7, 11) is 4.11. The number of carbonyl (C=O) groups is 2. The van der Waals surface area contributed by atoms with E-state index in [9.17, 15) is 9.59 Å². The maximum atomic E-state index is 11.4. The summed E-state index contributed by atoms with van der Waals surface area (Å²) in [5.74, 6) is -1.77. The molecule has 0 aliphatic carbocycles. The molecule has 0 unspecified atom stereocenters. The molecule has 1 aromatic heterocycles. The van der Waals surface area contributed by atoms with Gasteiger partial charge in [-0.05, 0) is 0 Å². The van der Waals surface area contributed by atoms with Crippen molar-refractivity contribution in [1.29, 1.82) is 0 Å². The molecule has 0 aromatic carbocycles. The second kappa shape index (κ2) is 5.24. The lowest BCUT2D eigenvalue weighted by Crippen LogP contribution is -2.29. The highest BCUT2D eigenvalue weighted by Gasteiger charge is 2.30. The number of nitrogens with zero attached hydrogens (tertiary/aromatic N) is 3. The Kier molecular flexibility index (Phi) is 3.98. The lowest BCUT2D eigenvalue weighted by Gasteiger charge is -2.11. The smallest absolute Gasteiger partial charge is 0.320 e. The molecule has 0 radical (unpaired) electrons. The molecular weight excluding hydrogens is 214 g/mol. The van der Waals surface area contributed by atoms with Gasteiger partial charge in [-0.25, -0.2) is 4.98 Å². The minimum absolute atomic E-state index is 0.107. The normalized spacial score (nSPS) is 10.2. The van der Waals surface area contributed by atoms with Crippen molar-refractivity contribution in [3.05, 3.63) is 12.2 Å². The molecule has 0 saturated carbocycles. The highest BCUT2D eigenvalue weighted by atomic mass is 16.5. The Labute approximate surface area is 92.4 Å². The Morgan fingerprint density at radius 3 is 2.31 bits per heavy atom. The van der Waals surface area contributed by atoms with E-state index in [-0.39, 0.29) is 6.42 Å². The van der Waals surface area contributed by atoms with Crippen LogP contribution in [0.2, 0.25) is 0 Å². The summed E-state index contributed by atoms with van der Waals surface area (Å²) in [4.78, 5) is 26.7. The van der Waals surface area contributed by atoms with Crippen LogP contribution in [0.15, 0.2) is 6.33 Å². The molecule has 1 rings (SSSR count). The van der Waals surface area contributed by atoms with E-state index in [0.29, 0.717) is 5.82 Å². The number of methoxy groups -OCH3 is 2. The molecule has 7 heteroatoms. The van der Waals surface area contributed by atoms with Crippen LogP contribution >= 0.6 is 0 Å². The van der Waals surface area contributed by atoms with Crippen LogP contribution in [0.25, 0.3) is 0 Å². The van der Waals surface area contributed by atoms with Gasteiger partial charge < -0.3 is 9.47 Å². The molecule has 0 spiro atoms. The molecule has 0 aliphatic heterocycles. The third-order valence-corrected chi connectivity index (χ3v) is 2.16. The molecule has 16 heavy (non-hydrogen) atoms. The van der Waals surface area contributed by atoms with Crippen LogP contribution in [0.5, 0.6) is 0 Å². The van der Waals surface area contributed by atoms with Crippen LogP contribution in [-0.4, -0.2) is 40.9 Å². The van der Waals surface area contributed by atoms with Crippen LogP contribution in [0.4, 0.5) is 0 Å². The van der Waals surface area contributed by atoms with Crippen LogP contribution in [0.1, 0.15) is 5.82 Å². The van der Waals surface area contributed by atoms with Gasteiger partial charge in [0.05, 0.1) is 14.2 Å². The summed E-state index contributed by atoms with van der Waals surface area (Å²) >= 11 is 0. The minimum Gasteiger partial charge on any atom is -0.468 e. The van der Waals surface area contributed by atoms with Crippen LogP contribution < -0.4 is 0 Å². The summed E-state index contributed by atoms with van der Waals surface area (Å²) in [5.41, 5.74) is 0. The molecule has 0 fully saturated rings. The van der Waals surface area contributed by atoms with Gasteiger partial charge in [-0.2, -0.15) is 5.10 Å². The van der Waals surface area contributed by atoms with Gasteiger partial charge in [-0.3, -0.25) is 14.3 Å². The van der Waals surface area contributed by atoms with E-state index in [1.165, 1.54) is 25.2 Å². The molecule has 0 saturated heterocycles. The van der Waals surface area contributed by atoms with Gasteiger partial charge in [0.25, 0.3) is 0 Å². The third kappa shape index (κ3) is 2.56. The van der Waals surface area contributed by atoms with Crippen molar-refractivity contribution in [2.24, 2.45) is 13.0 Å². The molecule has 0 atom stereocenters. The van der Waals surface area contributed by atoms with Crippen molar-refractivity contribution in [2.75, 3.05) is 14.2 Å². The summed E-state index contributed by atoms with van der Waals surface area (Å²) in [6.07, 6.45) is 1.46. The van der Waals surface area contributed by atoms with E-state index < -0.39 is 17.9 Å². The summed E-state index contributed by atoms with van der Waals surface area (Å²) in [6.45, 7) is 0. The van der Waals surface area contributed by atoms with E-state index >= 15 is 0 Å². The Morgan fingerprint density at radius 1 is 1.38 bits per heavy atom. The van der Waals surface area contributed by atoms with Gasteiger partial charge in [0.2, 0.25) is 0 Å². The highest BCUT2D eigenvalue weighted by molar-refractivity contribution is 5.95. The SMILES string of the molecule is COC(=O)C(Cc1ncnn1C)C(=O)OC. The number of rotatable bonds is 4. The van der Waals surface area contributed by atoms with Crippen molar-refractivity contribution in [2.45, 2.75) is 6.42 Å². The van der Waals surface area contributed by atoms with Gasteiger partial charge >= 0.3 is 11.9 Å². The van der Waals surface area contributed by atoms with Crippen molar-refractivity contribution in [3.63, 3.8) is 0 Å². The molecule has 7 nitrogen and oxygen atoms in total. The topological polar surface area (TPSA) is 83.3 Å². The van der Waals surface area contributed by atoms with Crippen LogP contribution in [0, 0.1) is 5.92 Å². The van der Waals surface area contributed by atoms with Gasteiger partial charge in [0.1, 0.15) is 12.2 Å². The van der Waals surface area contributed by atoms with Crippen molar-refractivity contribution < 1.29 is 19.1 Å². The zero-order chi connectivity index (χ0) is 12.1. The molecule has 1 heterocycles. The summed E-state index contributed by atoms with van der Waals surface area (Å²) in [6, 6.07) is 0. The highest BCUT2D eigenvalue weighted by Crippen LogP contribution is 2.09. The maximum absolute atomic E-state index is 11.4. The van der Waals surface area contributed by atoms with E-state index in [4.69, 9.17) is 0 Å². The van der Waals surface area contributed by atoms with Crippen molar-refractivity contribution in [3.8, 4) is 0 Å². The fourth-order valence-electron chi connectivity index (χ4n) is 1.23. The number of esters is 2. The van der Waals surface area contributed by atoms with E-state index in [0.717, 1.165) is 0 Å². The largest absolute Gasteiger partial charge is 0.468 e. The predicted octanol–water partition coefficient (Wildman–Crippen LogP) is -0.680. The van der Waals surface area contributed by atoms with Gasteiger partial charge in [0.15, 0.2) is 5.92 Å². The Morgan fingerprint density at radius 2 is 1.94 bits per heavy atom. The first-order valence-corrected chi connectivity index (χ1v) is 4.58. The Balaban J connectivity index is 2.83.